The maximum atomic E-state index is 11.7. The molecule has 3 N–H and O–H groups in total. The van der Waals surface area contributed by atoms with Crippen LogP contribution >= 0.6 is 11.3 Å². The van der Waals surface area contributed by atoms with Crippen molar-refractivity contribution in [2.24, 2.45) is 5.92 Å². The Morgan fingerprint density at radius 3 is 2.61 bits per heavy atom. The van der Waals surface area contributed by atoms with Gasteiger partial charge in [-0.25, -0.2) is 8.42 Å². The van der Waals surface area contributed by atoms with E-state index in [1.807, 2.05) is 13.0 Å². The third-order valence-corrected chi connectivity index (χ3v) is 5.40. The zero-order valence-corrected chi connectivity index (χ0v) is 11.9. The molecule has 0 bridgehead atoms. The molecule has 0 aromatic carbocycles. The minimum atomic E-state index is -3.43. The smallest absolute Gasteiger partial charge is 0.180 e. The van der Waals surface area contributed by atoms with Crippen LogP contribution in [-0.2, 0) is 9.84 Å². The molecule has 1 fully saturated rings. The zero-order valence-electron chi connectivity index (χ0n) is 10.2. The summed E-state index contributed by atoms with van der Waals surface area (Å²) in [5, 5.41) is 12.6. The Morgan fingerprint density at radius 2 is 2.17 bits per heavy atom. The predicted molar refractivity (Wildman–Crippen MR) is 72.4 cm³/mol. The number of hydrogen-bond donors (Lipinski definition) is 2. The minimum absolute atomic E-state index is 0.0653. The molecule has 1 atom stereocenters. The summed E-state index contributed by atoms with van der Waals surface area (Å²) in [6, 6.07) is 2.14. The Hall–Kier alpha value is -1.26. The molecule has 1 aliphatic rings. The number of anilines is 2. The third-order valence-electron chi connectivity index (χ3n) is 3.06. The number of nitrogens with two attached hydrogens (primary N) is 1. The summed E-state index contributed by atoms with van der Waals surface area (Å²) in [5.41, 5.74) is 5.80. The molecular weight excluding hydrogens is 270 g/mol. The normalized spacial score (nSPS) is 17.2. The number of rotatable bonds is 4. The molecule has 1 saturated carbocycles. The SMILES string of the molecule is CC(Nc1sc(C#N)c(N)c1S(C)(=O)=O)C1CC1. The van der Waals surface area contributed by atoms with Crippen LogP contribution in [-0.4, -0.2) is 20.7 Å². The first-order valence-corrected chi connectivity index (χ1v) is 8.34. The molecule has 1 unspecified atom stereocenters. The van der Waals surface area contributed by atoms with Gasteiger partial charge < -0.3 is 11.1 Å². The van der Waals surface area contributed by atoms with Crippen molar-refractivity contribution in [3.8, 4) is 6.07 Å². The van der Waals surface area contributed by atoms with Crippen molar-refractivity contribution in [2.45, 2.75) is 30.7 Å². The van der Waals surface area contributed by atoms with E-state index < -0.39 is 9.84 Å². The van der Waals surface area contributed by atoms with Gasteiger partial charge in [0.05, 0.1) is 5.69 Å². The van der Waals surface area contributed by atoms with E-state index in [1.54, 1.807) is 0 Å². The fraction of sp³-hybridized carbons (Fsp3) is 0.545. The molecule has 2 rings (SSSR count). The van der Waals surface area contributed by atoms with Gasteiger partial charge in [0.2, 0.25) is 0 Å². The molecular formula is C11H15N3O2S2. The maximum absolute atomic E-state index is 11.7. The number of nitriles is 1. The summed E-state index contributed by atoms with van der Waals surface area (Å²) in [6.45, 7) is 2.02. The summed E-state index contributed by atoms with van der Waals surface area (Å²) in [6.07, 6.45) is 3.43. The predicted octanol–water partition coefficient (Wildman–Crippen LogP) is 1.82. The van der Waals surface area contributed by atoms with Crippen LogP contribution in [0.5, 0.6) is 0 Å². The maximum Gasteiger partial charge on any atom is 0.180 e. The van der Waals surface area contributed by atoms with Crippen molar-refractivity contribution in [3.05, 3.63) is 4.88 Å². The molecule has 98 valence electrons. The first-order chi connectivity index (χ1) is 8.34. The Labute approximate surface area is 111 Å². The number of hydrogen-bond acceptors (Lipinski definition) is 6. The van der Waals surface area contributed by atoms with E-state index in [4.69, 9.17) is 11.0 Å². The van der Waals surface area contributed by atoms with E-state index >= 15 is 0 Å². The molecule has 1 aromatic rings. The summed E-state index contributed by atoms with van der Waals surface area (Å²) < 4.78 is 23.5. The largest absolute Gasteiger partial charge is 0.396 e. The first-order valence-electron chi connectivity index (χ1n) is 5.63. The van der Waals surface area contributed by atoms with E-state index in [0.717, 1.165) is 30.4 Å². The highest BCUT2D eigenvalue weighted by atomic mass is 32.2. The molecule has 1 aromatic heterocycles. The fourth-order valence-electron chi connectivity index (χ4n) is 1.90. The number of sulfone groups is 1. The van der Waals surface area contributed by atoms with Gasteiger partial charge in [0.25, 0.3) is 0 Å². The Kier molecular flexibility index (Phi) is 3.25. The van der Waals surface area contributed by atoms with Crippen LogP contribution in [0.15, 0.2) is 4.90 Å². The second-order valence-corrected chi connectivity index (χ2v) is 7.63. The van der Waals surface area contributed by atoms with Crippen molar-refractivity contribution in [1.82, 2.24) is 0 Å². The molecule has 5 nitrogen and oxygen atoms in total. The molecule has 0 aliphatic heterocycles. The molecule has 7 heteroatoms. The summed E-state index contributed by atoms with van der Waals surface area (Å²) >= 11 is 1.11. The quantitative estimate of drug-likeness (QED) is 0.879. The van der Waals surface area contributed by atoms with E-state index in [0.29, 0.717) is 10.9 Å². The van der Waals surface area contributed by atoms with Crippen LogP contribution in [0, 0.1) is 17.2 Å². The van der Waals surface area contributed by atoms with Crippen molar-refractivity contribution >= 4 is 31.9 Å². The molecule has 0 radical (unpaired) electrons. The highest BCUT2D eigenvalue weighted by molar-refractivity contribution is 7.91. The number of nitrogen functional groups attached to an aromatic ring is 1. The van der Waals surface area contributed by atoms with Gasteiger partial charge in [0.1, 0.15) is 20.8 Å². The van der Waals surface area contributed by atoms with Crippen LogP contribution in [0.25, 0.3) is 0 Å². The average molecular weight is 285 g/mol. The van der Waals surface area contributed by atoms with Gasteiger partial charge in [-0.1, -0.05) is 0 Å². The summed E-state index contributed by atoms with van der Waals surface area (Å²) in [7, 11) is -3.43. The lowest BCUT2D eigenvalue weighted by atomic mass is 10.2. The van der Waals surface area contributed by atoms with E-state index in [-0.39, 0.29) is 21.5 Å². The minimum Gasteiger partial charge on any atom is -0.396 e. The number of nitrogens with one attached hydrogen (secondary N) is 1. The van der Waals surface area contributed by atoms with Crippen LogP contribution in [0.2, 0.25) is 0 Å². The van der Waals surface area contributed by atoms with Crippen molar-refractivity contribution < 1.29 is 8.42 Å². The number of nitrogens with zero attached hydrogens (tertiary/aromatic N) is 1. The third kappa shape index (κ3) is 2.44. The van der Waals surface area contributed by atoms with E-state index in [9.17, 15) is 8.42 Å². The van der Waals surface area contributed by atoms with Gasteiger partial charge in [0, 0.05) is 12.3 Å². The Bertz CT molecular complexity index is 609. The molecule has 0 saturated heterocycles. The molecule has 0 amide bonds. The summed E-state index contributed by atoms with van der Waals surface area (Å²) in [4.78, 5) is 0.317. The number of thiophene rings is 1. The van der Waals surface area contributed by atoms with Crippen LogP contribution < -0.4 is 11.1 Å². The molecule has 0 spiro atoms. The lowest BCUT2D eigenvalue weighted by Gasteiger charge is -2.13. The fourth-order valence-corrected chi connectivity index (χ4v) is 4.35. The topological polar surface area (TPSA) is 96.0 Å². The average Bonchev–Trinajstić information content (AvgIpc) is 3.03. The van der Waals surface area contributed by atoms with Crippen LogP contribution in [0.4, 0.5) is 10.7 Å². The highest BCUT2D eigenvalue weighted by Gasteiger charge is 2.31. The highest BCUT2D eigenvalue weighted by Crippen LogP contribution is 2.41. The van der Waals surface area contributed by atoms with Gasteiger partial charge in [-0.3, -0.25) is 0 Å². The zero-order chi connectivity index (χ0) is 13.5. The lowest BCUT2D eigenvalue weighted by molar-refractivity contribution is 0.602. The van der Waals surface area contributed by atoms with Crippen molar-refractivity contribution in [1.29, 1.82) is 5.26 Å². The van der Waals surface area contributed by atoms with Crippen LogP contribution in [0.3, 0.4) is 0 Å². The summed E-state index contributed by atoms with van der Waals surface area (Å²) in [5.74, 6) is 0.589. The molecule has 1 heterocycles. The van der Waals surface area contributed by atoms with Gasteiger partial charge >= 0.3 is 0 Å². The second-order valence-electron chi connectivity index (χ2n) is 4.66. The van der Waals surface area contributed by atoms with Gasteiger partial charge in [-0.05, 0) is 25.7 Å². The van der Waals surface area contributed by atoms with Gasteiger partial charge in [0.15, 0.2) is 9.84 Å². The molecule has 18 heavy (non-hydrogen) atoms. The standard InChI is InChI=1S/C11H15N3O2S2/c1-6(7-3-4-7)14-11-10(18(2,15)16)9(13)8(5-12)17-11/h6-7,14H,3-4,13H2,1-2H3. The second kappa shape index (κ2) is 4.44. The van der Waals surface area contributed by atoms with Crippen molar-refractivity contribution in [3.63, 3.8) is 0 Å². The van der Waals surface area contributed by atoms with Crippen LogP contribution in [0.1, 0.15) is 24.6 Å². The van der Waals surface area contributed by atoms with Gasteiger partial charge in [-0.15, -0.1) is 11.3 Å². The first kappa shape index (κ1) is 13.2. The lowest BCUT2D eigenvalue weighted by Crippen LogP contribution is -2.18. The van der Waals surface area contributed by atoms with Gasteiger partial charge in [-0.2, -0.15) is 5.26 Å². The monoisotopic (exact) mass is 285 g/mol. The Balaban J connectivity index is 2.42. The van der Waals surface area contributed by atoms with E-state index in [2.05, 4.69) is 5.32 Å². The van der Waals surface area contributed by atoms with Crippen molar-refractivity contribution in [2.75, 3.05) is 17.3 Å². The Morgan fingerprint density at radius 1 is 1.56 bits per heavy atom. The molecule has 1 aliphatic carbocycles. The van der Waals surface area contributed by atoms with E-state index in [1.165, 1.54) is 0 Å².